The van der Waals surface area contributed by atoms with Crippen molar-refractivity contribution in [3.63, 3.8) is 0 Å². The molecule has 8 heteroatoms. The van der Waals surface area contributed by atoms with E-state index in [1.54, 1.807) is 31.2 Å². The van der Waals surface area contributed by atoms with E-state index in [1.165, 1.54) is 29.2 Å². The highest BCUT2D eigenvalue weighted by molar-refractivity contribution is 7.89. The molecule has 25 heavy (non-hydrogen) atoms. The van der Waals surface area contributed by atoms with E-state index >= 15 is 0 Å². The third-order valence-electron chi connectivity index (χ3n) is 3.53. The average molecular weight is 361 g/mol. The molecular formula is C17H19N3O4S. The zero-order valence-electron chi connectivity index (χ0n) is 13.7. The molecule has 0 heterocycles. The Labute approximate surface area is 146 Å². The number of carbonyl (C=O) groups is 2. The number of nitrogens with one attached hydrogen (secondary N) is 1. The van der Waals surface area contributed by atoms with Gasteiger partial charge in [0, 0.05) is 18.8 Å². The molecule has 3 N–H and O–H groups in total. The van der Waals surface area contributed by atoms with E-state index in [-0.39, 0.29) is 11.4 Å². The van der Waals surface area contributed by atoms with Gasteiger partial charge < -0.3 is 10.2 Å². The fourth-order valence-corrected chi connectivity index (χ4v) is 2.74. The molecule has 0 aromatic heterocycles. The van der Waals surface area contributed by atoms with Crippen molar-refractivity contribution < 1.29 is 18.0 Å². The van der Waals surface area contributed by atoms with Crippen molar-refractivity contribution in [2.24, 2.45) is 5.14 Å². The van der Waals surface area contributed by atoms with Crippen LogP contribution in [0.1, 0.15) is 12.5 Å². The van der Waals surface area contributed by atoms with E-state index in [4.69, 9.17) is 5.14 Å². The molecule has 0 bridgehead atoms. The molecule has 0 saturated heterocycles. The van der Waals surface area contributed by atoms with Gasteiger partial charge in [0.2, 0.25) is 10.0 Å². The van der Waals surface area contributed by atoms with E-state index < -0.39 is 21.8 Å². The van der Waals surface area contributed by atoms with Gasteiger partial charge in [0.05, 0.1) is 4.90 Å². The summed E-state index contributed by atoms with van der Waals surface area (Å²) >= 11 is 0. The third-order valence-corrected chi connectivity index (χ3v) is 4.46. The van der Waals surface area contributed by atoms with Crippen molar-refractivity contribution in [3.8, 4) is 0 Å². The van der Waals surface area contributed by atoms with Crippen LogP contribution in [0.4, 0.5) is 5.69 Å². The summed E-state index contributed by atoms with van der Waals surface area (Å²) in [6, 6.07) is 14.7. The van der Waals surface area contributed by atoms with Crippen LogP contribution in [-0.4, -0.2) is 26.8 Å². The van der Waals surface area contributed by atoms with Crippen molar-refractivity contribution in [3.05, 3.63) is 60.2 Å². The number of hydrogen-bond acceptors (Lipinski definition) is 4. The number of rotatable bonds is 5. The number of anilines is 1. The quantitative estimate of drug-likeness (QED) is 0.774. The molecule has 2 amide bonds. The number of amides is 2. The summed E-state index contributed by atoms with van der Waals surface area (Å²) in [7, 11) is -3.76. The van der Waals surface area contributed by atoms with Gasteiger partial charge in [0.1, 0.15) is 0 Å². The van der Waals surface area contributed by atoms with E-state index in [9.17, 15) is 18.0 Å². The van der Waals surface area contributed by atoms with Gasteiger partial charge in [-0.15, -0.1) is 0 Å². The Morgan fingerprint density at radius 1 is 1.04 bits per heavy atom. The van der Waals surface area contributed by atoms with Crippen LogP contribution in [0.5, 0.6) is 0 Å². The second-order valence-corrected chi connectivity index (χ2v) is 6.82. The number of hydrogen-bond donors (Lipinski definition) is 2. The van der Waals surface area contributed by atoms with Gasteiger partial charge in [0.25, 0.3) is 0 Å². The van der Waals surface area contributed by atoms with Crippen molar-refractivity contribution in [2.45, 2.75) is 18.4 Å². The predicted octanol–water partition coefficient (Wildman–Crippen LogP) is 1.00. The van der Waals surface area contributed by atoms with Gasteiger partial charge in [-0.05, 0) is 36.8 Å². The standard InChI is InChI=1S/C17H19N3O4S/c1-2-20(14-6-4-3-5-7-14)17(22)16(21)19-12-13-8-10-15(11-9-13)25(18,23)24/h3-11H,2,12H2,1H3,(H,19,21)(H2,18,23,24). The summed E-state index contributed by atoms with van der Waals surface area (Å²) in [5.74, 6) is -1.39. The fraction of sp³-hybridized carbons (Fsp3) is 0.176. The van der Waals surface area contributed by atoms with Crippen LogP contribution in [0.3, 0.4) is 0 Å². The fourth-order valence-electron chi connectivity index (χ4n) is 2.23. The van der Waals surface area contributed by atoms with Gasteiger partial charge >= 0.3 is 11.8 Å². The lowest BCUT2D eigenvalue weighted by Crippen LogP contribution is -2.42. The molecule has 2 rings (SSSR count). The Bertz CT molecular complexity index is 849. The minimum Gasteiger partial charge on any atom is -0.344 e. The van der Waals surface area contributed by atoms with Gasteiger partial charge in [-0.2, -0.15) is 0 Å². The number of likely N-dealkylation sites (N-methyl/N-ethyl adjacent to an activating group) is 1. The smallest absolute Gasteiger partial charge is 0.316 e. The summed E-state index contributed by atoms with van der Waals surface area (Å²) in [6.07, 6.45) is 0. The largest absolute Gasteiger partial charge is 0.344 e. The topological polar surface area (TPSA) is 110 Å². The third kappa shape index (κ3) is 4.88. The van der Waals surface area contributed by atoms with Crippen LogP contribution in [-0.2, 0) is 26.2 Å². The van der Waals surface area contributed by atoms with E-state index in [0.29, 0.717) is 17.8 Å². The number of sulfonamides is 1. The Kier molecular flexibility index (Phi) is 5.89. The number of carbonyl (C=O) groups excluding carboxylic acids is 2. The summed E-state index contributed by atoms with van der Waals surface area (Å²) in [6.45, 7) is 2.24. The first-order valence-corrected chi connectivity index (χ1v) is 9.14. The molecular weight excluding hydrogens is 342 g/mol. The van der Waals surface area contributed by atoms with Gasteiger partial charge in [-0.1, -0.05) is 30.3 Å². The van der Waals surface area contributed by atoms with Crippen LogP contribution < -0.4 is 15.4 Å². The molecule has 2 aromatic carbocycles. The normalized spacial score (nSPS) is 11.0. The maximum absolute atomic E-state index is 12.3. The van der Waals surface area contributed by atoms with Gasteiger partial charge in [-0.3, -0.25) is 9.59 Å². The van der Waals surface area contributed by atoms with Crippen LogP contribution >= 0.6 is 0 Å². The van der Waals surface area contributed by atoms with Gasteiger partial charge in [0.15, 0.2) is 0 Å². The zero-order chi connectivity index (χ0) is 18.4. The Balaban J connectivity index is 2.00. The molecule has 2 aromatic rings. The Hall–Kier alpha value is -2.71. The SMILES string of the molecule is CCN(C(=O)C(=O)NCc1ccc(S(N)(=O)=O)cc1)c1ccccc1. The lowest BCUT2D eigenvalue weighted by Gasteiger charge is -2.20. The monoisotopic (exact) mass is 361 g/mol. The molecule has 0 atom stereocenters. The number of primary sulfonamides is 1. The first-order chi connectivity index (χ1) is 11.8. The number of para-hydroxylation sites is 1. The molecule has 132 valence electrons. The van der Waals surface area contributed by atoms with E-state index in [0.717, 1.165) is 0 Å². The minimum atomic E-state index is -3.76. The van der Waals surface area contributed by atoms with Gasteiger partial charge in [-0.25, -0.2) is 13.6 Å². The molecule has 0 spiro atoms. The second kappa shape index (κ2) is 7.91. The summed E-state index contributed by atoms with van der Waals surface area (Å²) in [4.78, 5) is 25.8. The molecule has 0 aliphatic heterocycles. The highest BCUT2D eigenvalue weighted by atomic mass is 32.2. The summed E-state index contributed by atoms with van der Waals surface area (Å²) in [5.41, 5.74) is 1.29. The number of nitrogens with zero attached hydrogens (tertiary/aromatic N) is 1. The molecule has 0 saturated carbocycles. The van der Waals surface area contributed by atoms with E-state index in [1.807, 2.05) is 6.07 Å². The molecule has 7 nitrogen and oxygen atoms in total. The molecule has 0 aliphatic rings. The maximum atomic E-state index is 12.3. The van der Waals surface area contributed by atoms with Crippen molar-refractivity contribution in [1.29, 1.82) is 0 Å². The van der Waals surface area contributed by atoms with E-state index in [2.05, 4.69) is 5.32 Å². The zero-order valence-corrected chi connectivity index (χ0v) is 14.5. The first-order valence-electron chi connectivity index (χ1n) is 7.59. The Morgan fingerprint density at radius 2 is 1.64 bits per heavy atom. The lowest BCUT2D eigenvalue weighted by atomic mass is 10.2. The molecule has 0 unspecified atom stereocenters. The van der Waals surface area contributed by atoms with Crippen LogP contribution in [0.2, 0.25) is 0 Å². The van der Waals surface area contributed by atoms with Crippen molar-refractivity contribution >= 4 is 27.5 Å². The average Bonchev–Trinajstić information content (AvgIpc) is 2.60. The lowest BCUT2D eigenvalue weighted by molar-refractivity contribution is -0.137. The molecule has 0 radical (unpaired) electrons. The number of nitrogens with two attached hydrogens (primary N) is 1. The second-order valence-electron chi connectivity index (χ2n) is 5.26. The molecule has 0 aliphatic carbocycles. The highest BCUT2D eigenvalue weighted by Crippen LogP contribution is 2.13. The number of benzene rings is 2. The Morgan fingerprint density at radius 3 is 2.16 bits per heavy atom. The highest BCUT2D eigenvalue weighted by Gasteiger charge is 2.21. The summed E-state index contributed by atoms with van der Waals surface area (Å²) in [5, 5.41) is 7.56. The minimum absolute atomic E-state index is 0.0140. The van der Waals surface area contributed by atoms with Crippen molar-refractivity contribution in [2.75, 3.05) is 11.4 Å². The maximum Gasteiger partial charge on any atom is 0.316 e. The first kappa shape index (κ1) is 18.6. The van der Waals surface area contributed by atoms with Crippen molar-refractivity contribution in [1.82, 2.24) is 5.32 Å². The van der Waals surface area contributed by atoms with Crippen LogP contribution in [0.15, 0.2) is 59.5 Å². The summed E-state index contributed by atoms with van der Waals surface area (Å²) < 4.78 is 22.4. The predicted molar refractivity (Wildman–Crippen MR) is 94.1 cm³/mol. The van der Waals surface area contributed by atoms with Crippen LogP contribution in [0.25, 0.3) is 0 Å². The molecule has 0 fully saturated rings. The van der Waals surface area contributed by atoms with Crippen LogP contribution in [0, 0.1) is 0 Å².